The van der Waals surface area contributed by atoms with Crippen LogP contribution >= 0.6 is 0 Å². The number of hydrogen-bond acceptors (Lipinski definition) is 3. The molecule has 5 nitrogen and oxygen atoms in total. The van der Waals surface area contributed by atoms with Crippen molar-refractivity contribution in [3.8, 4) is 11.8 Å². The molecular formula is C27H35N3O2. The normalized spacial score (nSPS) is 23.8. The van der Waals surface area contributed by atoms with Crippen LogP contribution in [0.15, 0.2) is 48.5 Å². The van der Waals surface area contributed by atoms with Gasteiger partial charge in [-0.3, -0.25) is 9.59 Å². The molecule has 2 aromatic rings. The van der Waals surface area contributed by atoms with Crippen molar-refractivity contribution in [2.75, 3.05) is 18.0 Å². The maximum absolute atomic E-state index is 13.2. The Hall–Kier alpha value is -3.10. The molecule has 1 heterocycles. The Labute approximate surface area is 193 Å². The highest BCUT2D eigenvalue weighted by atomic mass is 16.2. The number of carbonyl (C=O) groups is 2. The number of benzene rings is 2. The van der Waals surface area contributed by atoms with E-state index in [0.29, 0.717) is 19.6 Å². The monoisotopic (exact) mass is 433 g/mol. The second-order valence-corrected chi connectivity index (χ2v) is 8.92. The number of anilines is 1. The van der Waals surface area contributed by atoms with Gasteiger partial charge in [0.05, 0.1) is 17.6 Å². The van der Waals surface area contributed by atoms with Crippen molar-refractivity contribution in [2.45, 2.75) is 46.1 Å². The lowest BCUT2D eigenvalue weighted by atomic mass is 9.35. The summed E-state index contributed by atoms with van der Waals surface area (Å²) in [5.74, 6) is 6.50. The molecule has 3 fully saturated rings. The SMILES string of the molecule is CC.NCC12CC(C(=O)NCCC(=O)N3Cc4ccccc4C#Cc4ccccc43)(C1)C2.[HH].[HH]. The lowest BCUT2D eigenvalue weighted by Gasteiger charge is -2.69. The fourth-order valence-electron chi connectivity index (χ4n) is 5.27. The molecule has 6 rings (SSSR count). The number of carbonyl (C=O) groups excluding carboxylic acids is 2. The first-order valence-corrected chi connectivity index (χ1v) is 11.5. The third-order valence-corrected chi connectivity index (χ3v) is 6.85. The second kappa shape index (κ2) is 8.80. The van der Waals surface area contributed by atoms with E-state index in [0.717, 1.165) is 41.6 Å². The average Bonchev–Trinajstić information content (AvgIpc) is 2.75. The van der Waals surface area contributed by atoms with Gasteiger partial charge < -0.3 is 16.0 Å². The van der Waals surface area contributed by atoms with E-state index >= 15 is 0 Å². The average molecular weight is 434 g/mol. The highest BCUT2D eigenvalue weighted by Gasteiger charge is 2.70. The van der Waals surface area contributed by atoms with E-state index in [1.807, 2.05) is 62.4 Å². The van der Waals surface area contributed by atoms with Gasteiger partial charge in [0.25, 0.3) is 0 Å². The van der Waals surface area contributed by atoms with Gasteiger partial charge in [0.2, 0.25) is 11.8 Å². The molecule has 0 radical (unpaired) electrons. The number of rotatable bonds is 5. The molecule has 5 heteroatoms. The Bertz CT molecular complexity index is 1090. The molecule has 0 atom stereocenters. The van der Waals surface area contributed by atoms with E-state index in [-0.39, 0.29) is 31.9 Å². The topological polar surface area (TPSA) is 75.4 Å². The zero-order chi connectivity index (χ0) is 22.8. The number of amides is 2. The standard InChI is InChI=1S/C25H25N3O2.C2H6.2H2/c26-17-24-14-25(15-24,16-24)23(30)27-12-11-22(29)28-13-20-7-2-1-5-18(20)9-10-19-6-3-4-8-21(19)28;1-2;;/h1-8H,11-17,26H2,(H,27,30);1-2H3;2*1H. The number of nitrogens with zero attached hydrogens (tertiary/aromatic N) is 1. The van der Waals surface area contributed by atoms with Gasteiger partial charge in [-0.1, -0.05) is 56.0 Å². The summed E-state index contributed by atoms with van der Waals surface area (Å²) in [5.41, 5.74) is 9.42. The van der Waals surface area contributed by atoms with Crippen molar-refractivity contribution in [3.63, 3.8) is 0 Å². The molecule has 170 valence electrons. The lowest BCUT2D eigenvalue weighted by Crippen LogP contribution is -2.70. The Balaban J connectivity index is 0.000000995. The predicted octanol–water partition coefficient (Wildman–Crippen LogP) is 4.09. The van der Waals surface area contributed by atoms with Gasteiger partial charge in [-0.15, -0.1) is 0 Å². The van der Waals surface area contributed by atoms with E-state index in [4.69, 9.17) is 5.73 Å². The molecule has 0 unspecified atom stereocenters. The van der Waals surface area contributed by atoms with Crippen LogP contribution in [0.3, 0.4) is 0 Å². The van der Waals surface area contributed by atoms with Gasteiger partial charge in [0.1, 0.15) is 0 Å². The molecule has 2 amide bonds. The molecule has 1 aliphatic heterocycles. The summed E-state index contributed by atoms with van der Waals surface area (Å²) in [7, 11) is 0. The Morgan fingerprint density at radius 1 is 1.03 bits per heavy atom. The van der Waals surface area contributed by atoms with Crippen LogP contribution in [0.5, 0.6) is 0 Å². The predicted molar refractivity (Wildman–Crippen MR) is 131 cm³/mol. The molecule has 4 aliphatic rings. The molecule has 0 spiro atoms. The first-order chi connectivity index (χ1) is 15.5. The lowest BCUT2D eigenvalue weighted by molar-refractivity contribution is -0.202. The third-order valence-electron chi connectivity index (χ3n) is 6.85. The summed E-state index contributed by atoms with van der Waals surface area (Å²) < 4.78 is 0. The molecule has 2 bridgehead atoms. The molecule has 2 aromatic carbocycles. The largest absolute Gasteiger partial charge is 0.355 e. The molecule has 0 saturated heterocycles. The molecule has 3 N–H and O–H groups in total. The van der Waals surface area contributed by atoms with Crippen LogP contribution in [-0.4, -0.2) is 24.9 Å². The van der Waals surface area contributed by atoms with E-state index in [2.05, 4.69) is 17.2 Å². The molecule has 32 heavy (non-hydrogen) atoms. The fourth-order valence-corrected chi connectivity index (χ4v) is 5.27. The maximum atomic E-state index is 13.2. The third kappa shape index (κ3) is 3.80. The summed E-state index contributed by atoms with van der Waals surface area (Å²) in [4.78, 5) is 27.5. The summed E-state index contributed by atoms with van der Waals surface area (Å²) >= 11 is 0. The van der Waals surface area contributed by atoms with Gasteiger partial charge in [-0.05, 0) is 55.0 Å². The van der Waals surface area contributed by atoms with Crippen LogP contribution in [0, 0.1) is 22.7 Å². The number of para-hydroxylation sites is 1. The minimum Gasteiger partial charge on any atom is -0.355 e. The van der Waals surface area contributed by atoms with Crippen LogP contribution in [0.2, 0.25) is 0 Å². The zero-order valence-electron chi connectivity index (χ0n) is 18.9. The van der Waals surface area contributed by atoms with Gasteiger partial charge in [-0.2, -0.15) is 0 Å². The summed E-state index contributed by atoms with van der Waals surface area (Å²) in [6.07, 6.45) is 2.94. The summed E-state index contributed by atoms with van der Waals surface area (Å²) in [5, 5.41) is 2.99. The number of nitrogens with one attached hydrogen (secondary N) is 1. The first-order valence-electron chi connectivity index (χ1n) is 11.5. The Kier molecular flexibility index (Phi) is 6.08. The van der Waals surface area contributed by atoms with E-state index < -0.39 is 0 Å². The zero-order valence-corrected chi connectivity index (χ0v) is 18.9. The van der Waals surface area contributed by atoms with Crippen LogP contribution in [0.25, 0.3) is 0 Å². The minimum absolute atomic E-state index is 0. The first kappa shape index (κ1) is 22.1. The van der Waals surface area contributed by atoms with Crippen molar-refractivity contribution in [1.29, 1.82) is 0 Å². The van der Waals surface area contributed by atoms with Crippen molar-refractivity contribution in [2.24, 2.45) is 16.6 Å². The quantitative estimate of drug-likeness (QED) is 0.698. The van der Waals surface area contributed by atoms with Gasteiger partial charge in [0.15, 0.2) is 0 Å². The van der Waals surface area contributed by atoms with Crippen LogP contribution < -0.4 is 16.0 Å². The van der Waals surface area contributed by atoms with Crippen molar-refractivity contribution in [1.82, 2.24) is 5.32 Å². The number of hydrogen-bond donors (Lipinski definition) is 2. The minimum atomic E-state index is -0.218. The molecule has 3 saturated carbocycles. The number of nitrogens with two attached hydrogens (primary N) is 1. The van der Waals surface area contributed by atoms with Gasteiger partial charge in [0, 0.05) is 26.9 Å². The second-order valence-electron chi connectivity index (χ2n) is 8.92. The van der Waals surface area contributed by atoms with Crippen molar-refractivity contribution in [3.05, 3.63) is 65.2 Å². The number of fused-ring (bicyclic) bond motifs is 2. The highest BCUT2D eigenvalue weighted by molar-refractivity contribution is 5.95. The van der Waals surface area contributed by atoms with Gasteiger partial charge >= 0.3 is 0 Å². The fraction of sp³-hybridized carbons (Fsp3) is 0.407. The summed E-state index contributed by atoms with van der Waals surface area (Å²) in [6, 6.07) is 15.6. The van der Waals surface area contributed by atoms with Crippen LogP contribution in [0.4, 0.5) is 5.69 Å². The van der Waals surface area contributed by atoms with Crippen molar-refractivity contribution < 1.29 is 12.4 Å². The molecule has 0 aromatic heterocycles. The van der Waals surface area contributed by atoms with E-state index in [9.17, 15) is 9.59 Å². The van der Waals surface area contributed by atoms with Crippen LogP contribution in [0.1, 0.15) is 59.1 Å². The smallest absolute Gasteiger partial charge is 0.229 e. The highest BCUT2D eigenvalue weighted by Crippen LogP contribution is 2.72. The molecular weight excluding hydrogens is 398 g/mol. The Morgan fingerprint density at radius 3 is 2.38 bits per heavy atom. The van der Waals surface area contributed by atoms with Crippen LogP contribution in [-0.2, 0) is 16.1 Å². The van der Waals surface area contributed by atoms with Gasteiger partial charge in [-0.25, -0.2) is 0 Å². The Morgan fingerprint density at radius 2 is 1.66 bits per heavy atom. The summed E-state index contributed by atoms with van der Waals surface area (Å²) in [6.45, 7) is 5.48. The maximum Gasteiger partial charge on any atom is 0.229 e. The van der Waals surface area contributed by atoms with E-state index in [1.54, 1.807) is 4.90 Å². The van der Waals surface area contributed by atoms with Crippen molar-refractivity contribution >= 4 is 17.5 Å². The molecule has 3 aliphatic carbocycles. The van der Waals surface area contributed by atoms with E-state index in [1.165, 1.54) is 0 Å².